The molecular weight excluding hydrogens is 236 g/mol. The molecule has 1 aromatic heterocycles. The van der Waals surface area contributed by atoms with Crippen LogP contribution in [0.2, 0.25) is 0 Å². The predicted octanol–water partition coefficient (Wildman–Crippen LogP) is 1.14. The summed E-state index contributed by atoms with van der Waals surface area (Å²) in [7, 11) is 1.34. The minimum atomic E-state index is -0.329. The Morgan fingerprint density at radius 1 is 1.69 bits per heavy atom. The van der Waals surface area contributed by atoms with Crippen molar-refractivity contribution in [1.29, 1.82) is 0 Å². The van der Waals surface area contributed by atoms with Crippen LogP contribution in [0.15, 0.2) is 16.6 Å². The molecule has 0 aliphatic heterocycles. The minimum absolute atomic E-state index is 0.139. The van der Waals surface area contributed by atoms with Gasteiger partial charge in [0.2, 0.25) is 0 Å². The lowest BCUT2D eigenvalue weighted by Gasteiger charge is -2.01. The van der Waals surface area contributed by atoms with E-state index in [2.05, 4.69) is 25.7 Å². The van der Waals surface area contributed by atoms with E-state index in [1.807, 2.05) is 0 Å². The number of esters is 1. The second-order valence-corrected chi connectivity index (χ2v) is 3.37. The Labute approximate surface area is 84.2 Å². The van der Waals surface area contributed by atoms with E-state index in [0.717, 1.165) is 4.47 Å². The second kappa shape index (κ2) is 4.23. The highest BCUT2D eigenvalue weighted by Crippen LogP contribution is 2.14. The lowest BCUT2D eigenvalue weighted by molar-refractivity contribution is -0.139. The van der Waals surface area contributed by atoms with E-state index in [1.165, 1.54) is 7.11 Å². The molecule has 2 N–H and O–H groups in total. The van der Waals surface area contributed by atoms with Crippen molar-refractivity contribution in [2.75, 3.05) is 12.8 Å². The smallest absolute Gasteiger partial charge is 0.311 e. The van der Waals surface area contributed by atoms with Gasteiger partial charge in [0.25, 0.3) is 0 Å². The van der Waals surface area contributed by atoms with E-state index >= 15 is 0 Å². The summed E-state index contributed by atoms with van der Waals surface area (Å²) in [6.07, 6.45) is 0.139. The molecule has 0 bridgehead atoms. The fourth-order valence-electron chi connectivity index (χ4n) is 0.883. The summed E-state index contributed by atoms with van der Waals surface area (Å²) in [5.41, 5.74) is 6.08. The zero-order valence-corrected chi connectivity index (χ0v) is 8.67. The number of carbonyl (C=O) groups excluding carboxylic acids is 1. The van der Waals surface area contributed by atoms with Gasteiger partial charge in [0.1, 0.15) is 5.82 Å². The number of pyridine rings is 1. The molecule has 0 aromatic carbocycles. The number of aromatic nitrogens is 1. The summed E-state index contributed by atoms with van der Waals surface area (Å²) in [4.78, 5) is 14.9. The van der Waals surface area contributed by atoms with E-state index in [9.17, 15) is 4.79 Å². The molecule has 0 amide bonds. The zero-order chi connectivity index (χ0) is 9.84. The number of anilines is 1. The number of carbonyl (C=O) groups is 1. The standard InChI is InChI=1S/C8H9BrN2O2/c1-13-8(12)4-6-2-5(9)3-7(10)11-6/h2-3H,4H2,1H3,(H2,10,11). The first-order valence-corrected chi connectivity index (χ1v) is 4.40. The first-order valence-electron chi connectivity index (χ1n) is 3.60. The first kappa shape index (κ1) is 9.98. The van der Waals surface area contributed by atoms with Gasteiger partial charge in [-0.2, -0.15) is 0 Å². The number of hydrogen-bond donors (Lipinski definition) is 1. The molecule has 0 radical (unpaired) electrons. The molecular formula is C8H9BrN2O2. The van der Waals surface area contributed by atoms with Crippen LogP contribution >= 0.6 is 15.9 Å². The molecule has 13 heavy (non-hydrogen) atoms. The highest BCUT2D eigenvalue weighted by Gasteiger charge is 2.05. The SMILES string of the molecule is COC(=O)Cc1cc(Br)cc(N)n1. The number of methoxy groups -OCH3 is 1. The molecule has 0 fully saturated rings. The van der Waals surface area contributed by atoms with Gasteiger partial charge in [0.15, 0.2) is 0 Å². The molecule has 1 aromatic rings. The van der Waals surface area contributed by atoms with Crippen molar-refractivity contribution in [2.45, 2.75) is 6.42 Å². The average molecular weight is 245 g/mol. The van der Waals surface area contributed by atoms with Gasteiger partial charge in [-0.3, -0.25) is 4.79 Å². The second-order valence-electron chi connectivity index (χ2n) is 2.45. The molecule has 1 heterocycles. The Hall–Kier alpha value is -1.10. The number of halogens is 1. The highest BCUT2D eigenvalue weighted by molar-refractivity contribution is 9.10. The molecule has 0 aliphatic rings. The molecule has 0 saturated heterocycles. The third-order valence-electron chi connectivity index (χ3n) is 1.42. The van der Waals surface area contributed by atoms with Crippen LogP contribution < -0.4 is 5.73 Å². The Morgan fingerprint density at radius 3 is 2.92 bits per heavy atom. The first-order chi connectivity index (χ1) is 6.11. The van der Waals surface area contributed by atoms with E-state index < -0.39 is 0 Å². The summed E-state index contributed by atoms with van der Waals surface area (Å²) >= 11 is 3.25. The topological polar surface area (TPSA) is 65.2 Å². The summed E-state index contributed by atoms with van der Waals surface area (Å²) in [6, 6.07) is 3.40. The van der Waals surface area contributed by atoms with E-state index in [-0.39, 0.29) is 12.4 Å². The summed E-state index contributed by atoms with van der Waals surface area (Å²) in [5.74, 6) is 0.0540. The van der Waals surface area contributed by atoms with Gasteiger partial charge in [-0.1, -0.05) is 15.9 Å². The Balaban J connectivity index is 2.83. The van der Waals surface area contributed by atoms with Crippen LogP contribution in [0.1, 0.15) is 5.69 Å². The molecule has 5 heteroatoms. The van der Waals surface area contributed by atoms with Crippen molar-refractivity contribution < 1.29 is 9.53 Å². The van der Waals surface area contributed by atoms with Gasteiger partial charge in [0.05, 0.1) is 19.2 Å². The van der Waals surface area contributed by atoms with Crippen molar-refractivity contribution in [3.05, 3.63) is 22.3 Å². The number of hydrogen-bond acceptors (Lipinski definition) is 4. The maximum atomic E-state index is 10.9. The lowest BCUT2D eigenvalue weighted by Crippen LogP contribution is -2.07. The maximum Gasteiger partial charge on any atom is 0.311 e. The molecule has 0 unspecified atom stereocenters. The predicted molar refractivity (Wildman–Crippen MR) is 52.1 cm³/mol. The average Bonchev–Trinajstić information content (AvgIpc) is 2.02. The fraction of sp³-hybridized carbons (Fsp3) is 0.250. The van der Waals surface area contributed by atoms with Crippen molar-refractivity contribution in [3.63, 3.8) is 0 Å². The van der Waals surface area contributed by atoms with Gasteiger partial charge in [-0.25, -0.2) is 4.98 Å². The normalized spacial score (nSPS) is 9.69. The Morgan fingerprint density at radius 2 is 2.38 bits per heavy atom. The van der Waals surface area contributed by atoms with Crippen LogP contribution in [-0.2, 0) is 16.0 Å². The fourth-order valence-corrected chi connectivity index (χ4v) is 1.38. The number of nitrogen functional groups attached to an aromatic ring is 1. The molecule has 1 rings (SSSR count). The van der Waals surface area contributed by atoms with Crippen molar-refractivity contribution in [2.24, 2.45) is 0 Å². The van der Waals surface area contributed by atoms with Crippen molar-refractivity contribution >= 4 is 27.7 Å². The van der Waals surface area contributed by atoms with Gasteiger partial charge < -0.3 is 10.5 Å². The van der Waals surface area contributed by atoms with E-state index in [4.69, 9.17) is 5.73 Å². The summed E-state index contributed by atoms with van der Waals surface area (Å²) in [6.45, 7) is 0. The van der Waals surface area contributed by atoms with Gasteiger partial charge >= 0.3 is 5.97 Å². The van der Waals surface area contributed by atoms with Crippen molar-refractivity contribution in [1.82, 2.24) is 4.98 Å². The van der Waals surface area contributed by atoms with Crippen LogP contribution in [0, 0.1) is 0 Å². The minimum Gasteiger partial charge on any atom is -0.469 e. The molecule has 0 aliphatic carbocycles. The van der Waals surface area contributed by atoms with Crippen LogP contribution in [-0.4, -0.2) is 18.1 Å². The number of nitrogens with two attached hydrogens (primary N) is 1. The zero-order valence-electron chi connectivity index (χ0n) is 7.08. The van der Waals surface area contributed by atoms with Crippen LogP contribution in [0.3, 0.4) is 0 Å². The molecule has 0 atom stereocenters. The molecule has 70 valence electrons. The molecule has 0 saturated carbocycles. The van der Waals surface area contributed by atoms with Gasteiger partial charge in [-0.05, 0) is 12.1 Å². The highest BCUT2D eigenvalue weighted by atomic mass is 79.9. The summed E-state index contributed by atoms with van der Waals surface area (Å²) < 4.78 is 5.30. The van der Waals surface area contributed by atoms with E-state index in [1.54, 1.807) is 12.1 Å². The number of rotatable bonds is 2. The molecule has 0 spiro atoms. The monoisotopic (exact) mass is 244 g/mol. The largest absolute Gasteiger partial charge is 0.469 e. The quantitative estimate of drug-likeness (QED) is 0.793. The molecule has 4 nitrogen and oxygen atoms in total. The summed E-state index contributed by atoms with van der Waals surface area (Å²) in [5, 5.41) is 0. The van der Waals surface area contributed by atoms with Crippen LogP contribution in [0.25, 0.3) is 0 Å². The van der Waals surface area contributed by atoms with Crippen LogP contribution in [0.4, 0.5) is 5.82 Å². The maximum absolute atomic E-state index is 10.9. The number of ether oxygens (including phenoxy) is 1. The third-order valence-corrected chi connectivity index (χ3v) is 1.87. The lowest BCUT2D eigenvalue weighted by atomic mass is 10.3. The van der Waals surface area contributed by atoms with E-state index in [0.29, 0.717) is 11.5 Å². The third kappa shape index (κ3) is 3.02. The van der Waals surface area contributed by atoms with Gasteiger partial charge in [0, 0.05) is 4.47 Å². The van der Waals surface area contributed by atoms with Crippen molar-refractivity contribution in [3.8, 4) is 0 Å². The number of nitrogens with zero attached hydrogens (tertiary/aromatic N) is 1. The van der Waals surface area contributed by atoms with Gasteiger partial charge in [-0.15, -0.1) is 0 Å². The van der Waals surface area contributed by atoms with Crippen LogP contribution in [0.5, 0.6) is 0 Å². The Kier molecular flexibility index (Phi) is 3.25. The Bertz CT molecular complexity index is 308.